The maximum atomic E-state index is 12.1. The summed E-state index contributed by atoms with van der Waals surface area (Å²) in [6.07, 6.45) is 4.08. The Balaban J connectivity index is 1.72. The van der Waals surface area contributed by atoms with Crippen LogP contribution in [0.25, 0.3) is 5.65 Å². The van der Waals surface area contributed by atoms with Gasteiger partial charge in [-0.25, -0.2) is 14.5 Å². The first kappa shape index (κ1) is 13.3. The van der Waals surface area contributed by atoms with Gasteiger partial charge >= 0.3 is 0 Å². The van der Waals surface area contributed by atoms with Crippen LogP contribution in [0.1, 0.15) is 27.6 Å². The number of amides is 1. The second-order valence-corrected chi connectivity index (χ2v) is 4.92. The molecule has 0 aliphatic heterocycles. The van der Waals surface area contributed by atoms with Crippen molar-refractivity contribution >= 4 is 11.6 Å². The van der Waals surface area contributed by atoms with Crippen LogP contribution in [0.5, 0.6) is 0 Å². The average Bonchev–Trinajstić information content (AvgIpc) is 3.07. The lowest BCUT2D eigenvalue weighted by Crippen LogP contribution is -2.27. The van der Waals surface area contributed by atoms with Gasteiger partial charge < -0.3 is 10.3 Å². The van der Waals surface area contributed by atoms with Gasteiger partial charge in [0.2, 0.25) is 0 Å². The van der Waals surface area contributed by atoms with Crippen molar-refractivity contribution < 1.29 is 4.79 Å². The van der Waals surface area contributed by atoms with Crippen LogP contribution in [0.2, 0.25) is 0 Å². The number of fused-ring (bicyclic) bond motifs is 1. The van der Waals surface area contributed by atoms with Crippen molar-refractivity contribution in [1.82, 2.24) is 29.9 Å². The van der Waals surface area contributed by atoms with Crippen molar-refractivity contribution in [1.29, 1.82) is 0 Å². The van der Waals surface area contributed by atoms with Crippen LogP contribution in [-0.2, 0) is 6.42 Å². The topological polar surface area (TPSA) is 88.0 Å². The van der Waals surface area contributed by atoms with Crippen molar-refractivity contribution in [2.45, 2.75) is 20.3 Å². The van der Waals surface area contributed by atoms with E-state index < -0.39 is 0 Å². The molecule has 2 N–H and O–H groups in total. The molecule has 0 unspecified atom stereocenters. The number of rotatable bonds is 4. The summed E-state index contributed by atoms with van der Waals surface area (Å²) in [6.45, 7) is 4.34. The Morgan fingerprint density at radius 3 is 3.00 bits per heavy atom. The number of aryl methyl sites for hydroxylation is 2. The zero-order valence-corrected chi connectivity index (χ0v) is 11.9. The molecule has 0 aromatic carbocycles. The number of nitrogens with one attached hydrogen (secondary N) is 2. The molecule has 0 saturated heterocycles. The lowest BCUT2D eigenvalue weighted by molar-refractivity contribution is 0.0949. The lowest BCUT2D eigenvalue weighted by Gasteiger charge is -2.06. The number of H-pyrrole nitrogens is 1. The first-order chi connectivity index (χ1) is 10.1. The van der Waals surface area contributed by atoms with E-state index in [-0.39, 0.29) is 5.91 Å². The molecule has 3 heterocycles. The van der Waals surface area contributed by atoms with Gasteiger partial charge in [-0.2, -0.15) is 5.10 Å². The number of hydrogen-bond acceptors (Lipinski definition) is 4. The number of hydrogen-bond donors (Lipinski definition) is 2. The Bertz CT molecular complexity index is 774. The third kappa shape index (κ3) is 2.76. The average molecular weight is 284 g/mol. The molecule has 0 radical (unpaired) electrons. The van der Waals surface area contributed by atoms with Gasteiger partial charge in [0.25, 0.3) is 5.91 Å². The van der Waals surface area contributed by atoms with E-state index in [0.717, 1.165) is 17.1 Å². The largest absolute Gasteiger partial charge is 0.350 e. The summed E-state index contributed by atoms with van der Waals surface area (Å²) in [4.78, 5) is 23.4. The Morgan fingerprint density at radius 2 is 2.24 bits per heavy atom. The van der Waals surface area contributed by atoms with Crippen LogP contribution in [0.3, 0.4) is 0 Å². The monoisotopic (exact) mass is 284 g/mol. The molecule has 0 fully saturated rings. The minimum atomic E-state index is -0.182. The highest BCUT2D eigenvalue weighted by Gasteiger charge is 2.11. The predicted molar refractivity (Wildman–Crippen MR) is 77.1 cm³/mol. The van der Waals surface area contributed by atoms with Gasteiger partial charge in [-0.3, -0.25) is 4.79 Å². The summed E-state index contributed by atoms with van der Waals surface area (Å²) in [7, 11) is 0. The van der Waals surface area contributed by atoms with Gasteiger partial charge in [0, 0.05) is 36.6 Å². The Hall–Kier alpha value is -2.70. The molecule has 0 atom stereocenters. The zero-order valence-electron chi connectivity index (χ0n) is 11.9. The fourth-order valence-corrected chi connectivity index (χ4v) is 2.18. The van der Waals surface area contributed by atoms with E-state index in [1.54, 1.807) is 23.1 Å². The van der Waals surface area contributed by atoms with Gasteiger partial charge in [-0.05, 0) is 19.9 Å². The molecule has 7 heteroatoms. The minimum Gasteiger partial charge on any atom is -0.350 e. The second kappa shape index (κ2) is 5.35. The summed E-state index contributed by atoms with van der Waals surface area (Å²) < 4.78 is 1.73. The molecular weight excluding hydrogens is 268 g/mol. The fourth-order valence-electron chi connectivity index (χ4n) is 2.18. The van der Waals surface area contributed by atoms with Gasteiger partial charge in [-0.15, -0.1) is 0 Å². The summed E-state index contributed by atoms with van der Waals surface area (Å²) in [5, 5.41) is 7.18. The summed E-state index contributed by atoms with van der Waals surface area (Å²) in [6, 6.07) is 3.60. The van der Waals surface area contributed by atoms with Crippen molar-refractivity contribution in [3.8, 4) is 0 Å². The van der Waals surface area contributed by atoms with Gasteiger partial charge in [0.15, 0.2) is 5.65 Å². The molecule has 7 nitrogen and oxygen atoms in total. The molecule has 3 rings (SSSR count). The van der Waals surface area contributed by atoms with Gasteiger partial charge in [0.05, 0.1) is 12.0 Å². The number of aromatic nitrogens is 5. The summed E-state index contributed by atoms with van der Waals surface area (Å²) in [5.41, 5.74) is 3.84. The quantitative estimate of drug-likeness (QED) is 0.749. The first-order valence-corrected chi connectivity index (χ1v) is 6.73. The maximum absolute atomic E-state index is 12.1. The van der Waals surface area contributed by atoms with Crippen molar-refractivity contribution in [2.24, 2.45) is 0 Å². The van der Waals surface area contributed by atoms with Gasteiger partial charge in [0.1, 0.15) is 5.69 Å². The molecule has 108 valence electrons. The second-order valence-electron chi connectivity index (χ2n) is 4.92. The molecular formula is C14H16N6O. The number of carbonyl (C=O) groups is 1. The SMILES string of the molecule is Cc1cc2nc(C(=O)NCCc3cnc[nH]3)cc(C)n2n1. The Morgan fingerprint density at radius 1 is 1.38 bits per heavy atom. The molecule has 1 amide bonds. The Labute approximate surface area is 121 Å². The van der Waals surface area contributed by atoms with Crippen molar-refractivity contribution in [2.75, 3.05) is 6.54 Å². The van der Waals surface area contributed by atoms with Crippen LogP contribution in [0.15, 0.2) is 24.7 Å². The predicted octanol–water partition coefficient (Wildman–Crippen LogP) is 1.04. The molecule has 0 aliphatic carbocycles. The molecule has 0 spiro atoms. The lowest BCUT2D eigenvalue weighted by atomic mass is 10.3. The number of carbonyl (C=O) groups excluding carboxylic acids is 1. The van der Waals surface area contributed by atoms with Crippen LogP contribution in [0, 0.1) is 13.8 Å². The van der Waals surface area contributed by atoms with E-state index >= 15 is 0 Å². The molecule has 3 aromatic rings. The maximum Gasteiger partial charge on any atom is 0.270 e. The third-order valence-corrected chi connectivity index (χ3v) is 3.19. The molecule has 0 bridgehead atoms. The highest BCUT2D eigenvalue weighted by atomic mass is 16.1. The first-order valence-electron chi connectivity index (χ1n) is 6.73. The van der Waals surface area contributed by atoms with Crippen LogP contribution in [0.4, 0.5) is 0 Å². The minimum absolute atomic E-state index is 0.182. The van der Waals surface area contributed by atoms with E-state index in [0.29, 0.717) is 24.3 Å². The smallest absolute Gasteiger partial charge is 0.270 e. The zero-order chi connectivity index (χ0) is 14.8. The van der Waals surface area contributed by atoms with E-state index in [1.807, 2.05) is 19.9 Å². The summed E-state index contributed by atoms with van der Waals surface area (Å²) >= 11 is 0. The standard InChI is InChI=1S/C14H16N6O/c1-9-5-13-18-12(6-10(2)20(13)19-9)14(21)16-4-3-11-7-15-8-17-11/h5-8H,3-4H2,1-2H3,(H,15,17)(H,16,21). The molecule has 21 heavy (non-hydrogen) atoms. The van der Waals surface area contributed by atoms with E-state index in [4.69, 9.17) is 0 Å². The summed E-state index contributed by atoms with van der Waals surface area (Å²) in [5.74, 6) is -0.182. The Kier molecular flexibility index (Phi) is 3.39. The third-order valence-electron chi connectivity index (χ3n) is 3.19. The highest BCUT2D eigenvalue weighted by molar-refractivity contribution is 5.92. The normalized spacial score (nSPS) is 11.0. The van der Waals surface area contributed by atoms with E-state index in [9.17, 15) is 4.79 Å². The highest BCUT2D eigenvalue weighted by Crippen LogP contribution is 2.08. The number of aromatic amines is 1. The molecule has 0 aliphatic rings. The molecule has 0 saturated carbocycles. The van der Waals surface area contributed by atoms with Crippen LogP contribution in [-0.4, -0.2) is 37.0 Å². The van der Waals surface area contributed by atoms with E-state index in [2.05, 4.69) is 25.4 Å². The fraction of sp³-hybridized carbons (Fsp3) is 0.286. The number of nitrogens with zero attached hydrogens (tertiary/aromatic N) is 4. The van der Waals surface area contributed by atoms with E-state index in [1.165, 1.54) is 0 Å². The van der Waals surface area contributed by atoms with Crippen LogP contribution >= 0.6 is 0 Å². The van der Waals surface area contributed by atoms with Crippen molar-refractivity contribution in [3.63, 3.8) is 0 Å². The van der Waals surface area contributed by atoms with Crippen molar-refractivity contribution in [3.05, 3.63) is 47.4 Å². The number of imidazole rings is 1. The van der Waals surface area contributed by atoms with Gasteiger partial charge in [-0.1, -0.05) is 0 Å². The van der Waals surface area contributed by atoms with Crippen LogP contribution < -0.4 is 5.32 Å². The molecule has 3 aromatic heterocycles.